The van der Waals surface area contributed by atoms with Crippen molar-refractivity contribution in [2.24, 2.45) is 4.99 Å². The number of aryl methyl sites for hydroxylation is 1. The zero-order chi connectivity index (χ0) is 20.3. The number of piperazine rings is 1. The van der Waals surface area contributed by atoms with Crippen LogP contribution in [-0.2, 0) is 6.54 Å². The van der Waals surface area contributed by atoms with Crippen molar-refractivity contribution in [3.05, 3.63) is 54.4 Å². The van der Waals surface area contributed by atoms with Gasteiger partial charge in [0.1, 0.15) is 0 Å². The SMILES string of the molecule is CN=C(NCCCCN1CCN(c2cccc(C)c2)CC1)NCCn1cccc1.I. The van der Waals surface area contributed by atoms with E-state index in [1.54, 1.807) is 0 Å². The highest BCUT2D eigenvalue weighted by molar-refractivity contribution is 14.0. The number of benzene rings is 1. The Morgan fingerprint density at radius 2 is 1.67 bits per heavy atom. The fourth-order valence-corrected chi connectivity index (χ4v) is 3.76. The predicted octanol–water partition coefficient (Wildman–Crippen LogP) is 3.18. The lowest BCUT2D eigenvalue weighted by Crippen LogP contribution is -2.46. The van der Waals surface area contributed by atoms with Gasteiger partial charge in [0.05, 0.1) is 0 Å². The Labute approximate surface area is 198 Å². The first-order valence-corrected chi connectivity index (χ1v) is 10.8. The zero-order valence-corrected chi connectivity index (χ0v) is 20.7. The lowest BCUT2D eigenvalue weighted by atomic mass is 10.2. The highest BCUT2D eigenvalue weighted by Gasteiger charge is 2.16. The van der Waals surface area contributed by atoms with E-state index in [2.05, 4.69) is 85.7 Å². The molecule has 1 fully saturated rings. The normalized spacial score (nSPS) is 15.0. The summed E-state index contributed by atoms with van der Waals surface area (Å²) in [5, 5.41) is 6.80. The number of aliphatic imine (C=N–C) groups is 1. The zero-order valence-electron chi connectivity index (χ0n) is 18.4. The maximum atomic E-state index is 4.31. The van der Waals surface area contributed by atoms with Crippen molar-refractivity contribution in [3.8, 4) is 0 Å². The van der Waals surface area contributed by atoms with Crippen LogP contribution in [0, 0.1) is 6.92 Å². The van der Waals surface area contributed by atoms with Crippen LogP contribution in [0.1, 0.15) is 18.4 Å². The third-order valence-corrected chi connectivity index (χ3v) is 5.48. The number of aromatic nitrogens is 1. The Bertz CT molecular complexity index is 738. The molecular formula is C23H37IN6. The molecule has 166 valence electrons. The van der Waals surface area contributed by atoms with Crippen LogP contribution in [0.4, 0.5) is 5.69 Å². The van der Waals surface area contributed by atoms with Gasteiger partial charge in [0.15, 0.2) is 5.96 Å². The van der Waals surface area contributed by atoms with Gasteiger partial charge in [0, 0.05) is 70.9 Å². The van der Waals surface area contributed by atoms with Gasteiger partial charge in [0.25, 0.3) is 0 Å². The minimum absolute atomic E-state index is 0. The number of rotatable bonds is 9. The molecule has 1 aromatic carbocycles. The predicted molar refractivity (Wildman–Crippen MR) is 138 cm³/mol. The van der Waals surface area contributed by atoms with E-state index >= 15 is 0 Å². The molecule has 2 N–H and O–H groups in total. The number of hydrogen-bond donors (Lipinski definition) is 2. The molecule has 0 amide bonds. The monoisotopic (exact) mass is 524 g/mol. The smallest absolute Gasteiger partial charge is 0.191 e. The van der Waals surface area contributed by atoms with Crippen molar-refractivity contribution in [1.29, 1.82) is 0 Å². The Morgan fingerprint density at radius 3 is 2.37 bits per heavy atom. The van der Waals surface area contributed by atoms with Crippen LogP contribution in [0.2, 0.25) is 0 Å². The molecule has 6 nitrogen and oxygen atoms in total. The number of unbranched alkanes of at least 4 members (excludes halogenated alkanes) is 1. The molecule has 0 aliphatic carbocycles. The van der Waals surface area contributed by atoms with Gasteiger partial charge in [-0.2, -0.15) is 0 Å². The first-order valence-electron chi connectivity index (χ1n) is 10.8. The van der Waals surface area contributed by atoms with Crippen molar-refractivity contribution in [3.63, 3.8) is 0 Å². The van der Waals surface area contributed by atoms with Crippen molar-refractivity contribution in [2.75, 3.05) is 57.8 Å². The molecule has 0 atom stereocenters. The summed E-state index contributed by atoms with van der Waals surface area (Å²) in [7, 11) is 1.83. The fraction of sp³-hybridized carbons (Fsp3) is 0.522. The number of nitrogens with zero attached hydrogens (tertiary/aromatic N) is 4. The molecule has 1 aliphatic heterocycles. The Hall–Kier alpha value is -1.74. The maximum absolute atomic E-state index is 4.31. The molecule has 0 spiro atoms. The molecule has 0 saturated carbocycles. The van der Waals surface area contributed by atoms with E-state index in [4.69, 9.17) is 0 Å². The minimum Gasteiger partial charge on any atom is -0.369 e. The third-order valence-electron chi connectivity index (χ3n) is 5.48. The van der Waals surface area contributed by atoms with E-state index in [9.17, 15) is 0 Å². The van der Waals surface area contributed by atoms with Crippen LogP contribution in [0.5, 0.6) is 0 Å². The summed E-state index contributed by atoms with van der Waals surface area (Å²) in [5.74, 6) is 0.893. The number of anilines is 1. The number of nitrogens with one attached hydrogen (secondary N) is 2. The summed E-state index contributed by atoms with van der Waals surface area (Å²) < 4.78 is 2.17. The molecule has 30 heavy (non-hydrogen) atoms. The van der Waals surface area contributed by atoms with Crippen molar-refractivity contribution >= 4 is 35.6 Å². The summed E-state index contributed by atoms with van der Waals surface area (Å²) in [5.41, 5.74) is 2.70. The molecule has 3 rings (SSSR count). The van der Waals surface area contributed by atoms with Gasteiger partial charge >= 0.3 is 0 Å². The number of hydrogen-bond acceptors (Lipinski definition) is 3. The molecule has 1 aromatic heterocycles. The summed E-state index contributed by atoms with van der Waals surface area (Å²) in [6.07, 6.45) is 6.55. The summed E-state index contributed by atoms with van der Waals surface area (Å²) in [6.45, 7) is 10.7. The molecule has 1 saturated heterocycles. The molecule has 0 radical (unpaired) electrons. The Kier molecular flexibility index (Phi) is 11.1. The average Bonchev–Trinajstić information content (AvgIpc) is 3.26. The van der Waals surface area contributed by atoms with E-state index in [0.717, 1.165) is 58.2 Å². The van der Waals surface area contributed by atoms with Crippen LogP contribution < -0.4 is 15.5 Å². The molecule has 2 aromatic rings. The van der Waals surface area contributed by atoms with E-state index in [1.807, 2.05) is 7.05 Å². The van der Waals surface area contributed by atoms with Crippen LogP contribution in [0.25, 0.3) is 0 Å². The molecule has 1 aliphatic rings. The standard InChI is InChI=1S/C23H36N6.HI/c1-21-8-7-9-22(20-21)29-18-16-28(17-19-29)12-4-3-10-25-23(24-2)26-11-15-27-13-5-6-14-27;/h5-9,13-14,20H,3-4,10-12,15-19H2,1-2H3,(H2,24,25,26);1H. The molecular weight excluding hydrogens is 487 g/mol. The van der Waals surface area contributed by atoms with Crippen LogP contribution in [0.3, 0.4) is 0 Å². The number of guanidine groups is 1. The lowest BCUT2D eigenvalue weighted by molar-refractivity contribution is 0.253. The summed E-state index contributed by atoms with van der Waals surface area (Å²) in [6, 6.07) is 13.0. The van der Waals surface area contributed by atoms with Gasteiger partial charge < -0.3 is 20.1 Å². The third kappa shape index (κ3) is 8.18. The summed E-state index contributed by atoms with van der Waals surface area (Å²) in [4.78, 5) is 9.41. The second-order valence-electron chi connectivity index (χ2n) is 7.72. The topological polar surface area (TPSA) is 47.8 Å². The van der Waals surface area contributed by atoms with Gasteiger partial charge in [0.2, 0.25) is 0 Å². The molecule has 0 bridgehead atoms. The largest absolute Gasteiger partial charge is 0.369 e. The van der Waals surface area contributed by atoms with Crippen molar-refractivity contribution < 1.29 is 0 Å². The van der Waals surface area contributed by atoms with Crippen molar-refractivity contribution in [2.45, 2.75) is 26.3 Å². The van der Waals surface area contributed by atoms with E-state index in [0.29, 0.717) is 0 Å². The van der Waals surface area contributed by atoms with Crippen LogP contribution >= 0.6 is 24.0 Å². The Balaban J connectivity index is 0.00000320. The second-order valence-corrected chi connectivity index (χ2v) is 7.72. The van der Waals surface area contributed by atoms with Crippen LogP contribution in [0.15, 0.2) is 53.8 Å². The molecule has 7 heteroatoms. The number of halogens is 1. The van der Waals surface area contributed by atoms with Crippen molar-refractivity contribution in [1.82, 2.24) is 20.1 Å². The molecule has 2 heterocycles. The maximum Gasteiger partial charge on any atom is 0.191 e. The fourth-order valence-electron chi connectivity index (χ4n) is 3.76. The minimum atomic E-state index is 0. The van der Waals surface area contributed by atoms with E-state index in [1.165, 1.54) is 24.2 Å². The van der Waals surface area contributed by atoms with Crippen LogP contribution in [-0.4, -0.2) is 68.3 Å². The quantitative estimate of drug-likeness (QED) is 0.229. The average molecular weight is 524 g/mol. The first-order chi connectivity index (χ1) is 14.2. The van der Waals surface area contributed by atoms with E-state index < -0.39 is 0 Å². The van der Waals surface area contributed by atoms with E-state index in [-0.39, 0.29) is 24.0 Å². The Morgan fingerprint density at radius 1 is 0.933 bits per heavy atom. The lowest BCUT2D eigenvalue weighted by Gasteiger charge is -2.36. The van der Waals surface area contributed by atoms with Gasteiger partial charge in [-0.1, -0.05) is 12.1 Å². The molecule has 0 unspecified atom stereocenters. The second kappa shape index (κ2) is 13.5. The van der Waals surface area contributed by atoms with Gasteiger partial charge in [-0.15, -0.1) is 24.0 Å². The highest BCUT2D eigenvalue weighted by atomic mass is 127. The van der Waals surface area contributed by atoms with Gasteiger partial charge in [-0.3, -0.25) is 9.89 Å². The highest BCUT2D eigenvalue weighted by Crippen LogP contribution is 2.17. The first kappa shape index (κ1) is 24.5. The van der Waals surface area contributed by atoms with Gasteiger partial charge in [-0.05, 0) is 56.1 Å². The summed E-state index contributed by atoms with van der Waals surface area (Å²) >= 11 is 0. The van der Waals surface area contributed by atoms with Gasteiger partial charge in [-0.25, -0.2) is 0 Å².